The third-order valence-corrected chi connectivity index (χ3v) is 11.0. The van der Waals surface area contributed by atoms with Gasteiger partial charge in [0.05, 0.1) is 5.69 Å². The van der Waals surface area contributed by atoms with E-state index in [0.717, 1.165) is 22.6 Å². The molecule has 57 heavy (non-hydrogen) atoms. The minimum Gasteiger partial charge on any atom is -0.310 e. The molecule has 0 unspecified atom stereocenters. The molecule has 0 radical (unpaired) electrons. The van der Waals surface area contributed by atoms with Crippen LogP contribution in [0.1, 0.15) is 0 Å². The molecule has 0 aromatic heterocycles. The van der Waals surface area contributed by atoms with E-state index in [-0.39, 0.29) is 0 Å². The van der Waals surface area contributed by atoms with Gasteiger partial charge in [-0.3, -0.25) is 0 Å². The normalized spacial score (nSPS) is 11.2. The molecule has 0 fully saturated rings. The molecule has 0 aliphatic heterocycles. The lowest BCUT2D eigenvalue weighted by Gasteiger charge is -2.29. The molecule has 0 atom stereocenters. The average molecular weight is 726 g/mol. The largest absolute Gasteiger partial charge is 0.310 e. The van der Waals surface area contributed by atoms with Crippen molar-refractivity contribution in [3.8, 4) is 55.6 Å². The van der Waals surface area contributed by atoms with E-state index in [0.29, 0.717) is 0 Å². The van der Waals surface area contributed by atoms with Gasteiger partial charge in [0.2, 0.25) is 0 Å². The van der Waals surface area contributed by atoms with Gasteiger partial charge in [0.15, 0.2) is 0 Å². The van der Waals surface area contributed by atoms with Crippen molar-refractivity contribution in [2.75, 3.05) is 4.90 Å². The summed E-state index contributed by atoms with van der Waals surface area (Å²) < 4.78 is 0. The highest BCUT2D eigenvalue weighted by Gasteiger charge is 2.20. The highest BCUT2D eigenvalue weighted by Crippen LogP contribution is 2.47. The molecule has 0 aliphatic rings. The second-order valence-electron chi connectivity index (χ2n) is 14.5. The Kier molecular flexibility index (Phi) is 8.95. The quantitative estimate of drug-likeness (QED) is 0.141. The van der Waals surface area contributed by atoms with Gasteiger partial charge in [0.1, 0.15) is 0 Å². The van der Waals surface area contributed by atoms with Crippen LogP contribution in [0.2, 0.25) is 0 Å². The third-order valence-electron chi connectivity index (χ3n) is 11.0. The van der Waals surface area contributed by atoms with Gasteiger partial charge in [-0.05, 0) is 108 Å². The molecular weight excluding hydrogens is 687 g/mol. The highest BCUT2D eigenvalue weighted by molar-refractivity contribution is 6.22. The van der Waals surface area contributed by atoms with Gasteiger partial charge in [-0.1, -0.05) is 200 Å². The van der Waals surface area contributed by atoms with E-state index >= 15 is 0 Å². The molecule has 1 heteroatoms. The van der Waals surface area contributed by atoms with Gasteiger partial charge in [0.25, 0.3) is 0 Å². The topological polar surface area (TPSA) is 3.24 Å². The SMILES string of the molecule is c1ccc(-c2cccc(N(c3cccc(-c4ccc5c(c4)c(-c4ccccc4)c(-c4ccccc4)c4ccccc45)c3)c3ccccc3-c3ccccc3)c2)cc1. The molecule has 10 rings (SSSR count). The van der Waals surface area contributed by atoms with E-state index in [4.69, 9.17) is 0 Å². The van der Waals surface area contributed by atoms with Gasteiger partial charge in [-0.2, -0.15) is 0 Å². The zero-order chi connectivity index (χ0) is 38.0. The Morgan fingerprint density at radius 3 is 1.26 bits per heavy atom. The average Bonchev–Trinajstić information content (AvgIpc) is 3.30. The summed E-state index contributed by atoms with van der Waals surface area (Å²) in [6.07, 6.45) is 0. The van der Waals surface area contributed by atoms with Crippen LogP contribution in [-0.4, -0.2) is 0 Å². The summed E-state index contributed by atoms with van der Waals surface area (Å²) in [5, 5.41) is 5.01. The van der Waals surface area contributed by atoms with Gasteiger partial charge in [-0.15, -0.1) is 0 Å². The fourth-order valence-electron chi connectivity index (χ4n) is 8.42. The molecular formula is C56H39N. The molecule has 0 spiro atoms. The smallest absolute Gasteiger partial charge is 0.0540 e. The monoisotopic (exact) mass is 725 g/mol. The second-order valence-corrected chi connectivity index (χ2v) is 14.5. The summed E-state index contributed by atoms with van der Waals surface area (Å²) in [5.41, 5.74) is 15.3. The van der Waals surface area contributed by atoms with E-state index in [1.165, 1.54) is 71.6 Å². The van der Waals surface area contributed by atoms with E-state index in [2.05, 4.69) is 241 Å². The maximum atomic E-state index is 2.41. The number of anilines is 3. The molecule has 0 saturated carbocycles. The molecule has 10 aromatic carbocycles. The minimum atomic E-state index is 1.09. The second kappa shape index (κ2) is 15.0. The van der Waals surface area contributed by atoms with Gasteiger partial charge >= 0.3 is 0 Å². The van der Waals surface area contributed by atoms with E-state index < -0.39 is 0 Å². The highest BCUT2D eigenvalue weighted by atomic mass is 15.1. The van der Waals surface area contributed by atoms with Crippen LogP contribution in [0.3, 0.4) is 0 Å². The van der Waals surface area contributed by atoms with E-state index in [9.17, 15) is 0 Å². The predicted octanol–water partition coefficient (Wildman–Crippen LogP) is 15.8. The number of nitrogens with zero attached hydrogens (tertiary/aromatic N) is 1. The fourth-order valence-corrected chi connectivity index (χ4v) is 8.42. The molecule has 0 N–H and O–H groups in total. The Hall–Kier alpha value is -7.48. The molecule has 0 saturated heterocycles. The number of para-hydroxylation sites is 1. The standard InChI is InChI=1S/C56H39N/c1-5-19-40(20-6-1)44-27-17-29-47(37-44)57(54-34-16-15-31-49(54)41-21-7-2-8-22-41)48-30-18-28-45(38-48)46-35-36-51-50-32-13-14-33-52(50)55(42-23-9-3-10-24-42)56(53(51)39-46)43-25-11-4-12-26-43/h1-39H. The molecule has 0 aliphatic carbocycles. The summed E-state index contributed by atoms with van der Waals surface area (Å²) in [5.74, 6) is 0. The summed E-state index contributed by atoms with van der Waals surface area (Å²) in [6.45, 7) is 0. The Labute approximate surface area is 334 Å². The van der Waals surface area contributed by atoms with Crippen molar-refractivity contribution in [2.45, 2.75) is 0 Å². The number of benzene rings is 10. The summed E-state index contributed by atoms with van der Waals surface area (Å²) in [7, 11) is 0. The summed E-state index contributed by atoms with van der Waals surface area (Å²) in [6, 6.07) is 85.6. The Morgan fingerprint density at radius 1 is 0.228 bits per heavy atom. The number of fused-ring (bicyclic) bond motifs is 3. The first-order chi connectivity index (χ1) is 28.3. The first kappa shape index (κ1) is 34.0. The fraction of sp³-hybridized carbons (Fsp3) is 0. The lowest BCUT2D eigenvalue weighted by atomic mass is 9.84. The lowest BCUT2D eigenvalue weighted by molar-refractivity contribution is 1.28. The maximum Gasteiger partial charge on any atom is 0.0540 e. The number of hydrogen-bond acceptors (Lipinski definition) is 1. The molecule has 10 aromatic rings. The van der Waals surface area contributed by atoms with Crippen molar-refractivity contribution in [1.82, 2.24) is 0 Å². The number of hydrogen-bond donors (Lipinski definition) is 0. The van der Waals surface area contributed by atoms with E-state index in [1.54, 1.807) is 0 Å². The van der Waals surface area contributed by atoms with Crippen molar-refractivity contribution in [1.29, 1.82) is 0 Å². The van der Waals surface area contributed by atoms with Crippen LogP contribution in [0.15, 0.2) is 237 Å². The Morgan fingerprint density at radius 2 is 0.649 bits per heavy atom. The predicted molar refractivity (Wildman–Crippen MR) is 243 cm³/mol. The van der Waals surface area contributed by atoms with Crippen molar-refractivity contribution in [3.63, 3.8) is 0 Å². The molecule has 0 amide bonds. The molecule has 0 bridgehead atoms. The van der Waals surface area contributed by atoms with E-state index in [1.807, 2.05) is 0 Å². The molecule has 0 heterocycles. The van der Waals surface area contributed by atoms with Crippen molar-refractivity contribution < 1.29 is 0 Å². The van der Waals surface area contributed by atoms with Gasteiger partial charge < -0.3 is 4.90 Å². The molecule has 1 nitrogen and oxygen atoms in total. The zero-order valence-electron chi connectivity index (χ0n) is 31.5. The summed E-state index contributed by atoms with van der Waals surface area (Å²) >= 11 is 0. The van der Waals surface area contributed by atoms with Gasteiger partial charge in [0, 0.05) is 16.9 Å². The first-order valence-electron chi connectivity index (χ1n) is 19.6. The van der Waals surface area contributed by atoms with Crippen LogP contribution in [0, 0.1) is 0 Å². The maximum absolute atomic E-state index is 2.41. The third kappa shape index (κ3) is 6.46. The zero-order valence-corrected chi connectivity index (χ0v) is 31.5. The van der Waals surface area contributed by atoms with Crippen LogP contribution in [0.5, 0.6) is 0 Å². The minimum absolute atomic E-state index is 1.09. The van der Waals surface area contributed by atoms with Crippen molar-refractivity contribution >= 4 is 38.6 Å². The first-order valence-corrected chi connectivity index (χ1v) is 19.6. The van der Waals surface area contributed by atoms with Crippen molar-refractivity contribution in [2.24, 2.45) is 0 Å². The van der Waals surface area contributed by atoms with Crippen LogP contribution in [0.25, 0.3) is 77.2 Å². The molecule has 268 valence electrons. The number of rotatable bonds is 8. The summed E-state index contributed by atoms with van der Waals surface area (Å²) in [4.78, 5) is 2.41. The van der Waals surface area contributed by atoms with Crippen LogP contribution in [0.4, 0.5) is 17.1 Å². The van der Waals surface area contributed by atoms with Crippen LogP contribution in [-0.2, 0) is 0 Å². The lowest BCUT2D eigenvalue weighted by Crippen LogP contribution is -2.11. The van der Waals surface area contributed by atoms with Crippen LogP contribution < -0.4 is 4.90 Å². The van der Waals surface area contributed by atoms with Crippen LogP contribution >= 0.6 is 0 Å². The van der Waals surface area contributed by atoms with Gasteiger partial charge in [-0.25, -0.2) is 0 Å². The van der Waals surface area contributed by atoms with Crippen molar-refractivity contribution in [3.05, 3.63) is 237 Å². The Balaban J connectivity index is 1.19. The Bertz CT molecular complexity index is 2990.